The summed E-state index contributed by atoms with van der Waals surface area (Å²) >= 11 is 0. The van der Waals surface area contributed by atoms with Gasteiger partial charge in [0.1, 0.15) is 18.3 Å². The SMILES string of the molecule is COC(=O)[C@H](CC(C)=O)[C@]1([N+](=O)[O-])CC(C)=C(C)C[C@H]1[C@@H](OC(C)=O)[C@@H](OC(C)=O)[C@H](OC(C)=O)[C@@H](COC(C)=O)OC(C)=O. The summed E-state index contributed by atoms with van der Waals surface area (Å²) in [4.78, 5) is 99.2. The Morgan fingerprint density at radius 2 is 1.31 bits per heavy atom. The van der Waals surface area contributed by atoms with Crippen molar-refractivity contribution in [1.82, 2.24) is 0 Å². The molecule has 0 fully saturated rings. The van der Waals surface area contributed by atoms with E-state index >= 15 is 0 Å². The molecular weight excluding hydrogens is 602 g/mol. The molecule has 0 saturated carbocycles. The van der Waals surface area contributed by atoms with Crippen LogP contribution in [0.4, 0.5) is 0 Å². The van der Waals surface area contributed by atoms with Crippen LogP contribution in [0.1, 0.15) is 74.7 Å². The number of nitro groups is 1. The van der Waals surface area contributed by atoms with Gasteiger partial charge < -0.3 is 28.4 Å². The van der Waals surface area contributed by atoms with Crippen molar-refractivity contribution in [1.29, 1.82) is 0 Å². The predicted octanol–water partition coefficient (Wildman–Crippen LogP) is 1.81. The second kappa shape index (κ2) is 16.6. The number of rotatable bonds is 15. The van der Waals surface area contributed by atoms with Gasteiger partial charge >= 0.3 is 35.8 Å². The summed E-state index contributed by atoms with van der Waals surface area (Å²) in [6, 6.07) is 0. The molecule has 0 amide bonds. The van der Waals surface area contributed by atoms with Crippen LogP contribution in [0.2, 0.25) is 0 Å². The van der Waals surface area contributed by atoms with E-state index in [1.165, 1.54) is 0 Å². The van der Waals surface area contributed by atoms with Crippen LogP contribution >= 0.6 is 0 Å². The van der Waals surface area contributed by atoms with Crippen LogP contribution in [0.25, 0.3) is 0 Å². The molecule has 0 N–H and O–H groups in total. The van der Waals surface area contributed by atoms with Gasteiger partial charge in [0.2, 0.25) is 5.54 Å². The molecule has 0 unspecified atom stereocenters. The Kier molecular flexibility index (Phi) is 14.3. The van der Waals surface area contributed by atoms with Gasteiger partial charge in [-0.25, -0.2) is 0 Å². The number of nitrogens with zero attached hydrogens (tertiary/aromatic N) is 1. The van der Waals surface area contributed by atoms with Gasteiger partial charge in [-0.2, -0.15) is 0 Å². The van der Waals surface area contributed by atoms with Crippen LogP contribution in [0.3, 0.4) is 0 Å². The van der Waals surface area contributed by atoms with E-state index in [4.69, 9.17) is 28.4 Å². The molecule has 1 aliphatic carbocycles. The van der Waals surface area contributed by atoms with Crippen molar-refractivity contribution in [3.8, 4) is 0 Å². The van der Waals surface area contributed by atoms with Crippen molar-refractivity contribution in [2.45, 2.75) is 105 Å². The Labute approximate surface area is 260 Å². The first-order valence-electron chi connectivity index (χ1n) is 14.0. The van der Waals surface area contributed by atoms with Crippen molar-refractivity contribution in [3.05, 3.63) is 21.3 Å². The van der Waals surface area contributed by atoms with Crippen LogP contribution in [-0.2, 0) is 62.0 Å². The maximum absolute atomic E-state index is 13.2. The summed E-state index contributed by atoms with van der Waals surface area (Å²) in [7, 11) is 0.996. The average molecular weight is 644 g/mol. The first kappa shape index (κ1) is 38.7. The summed E-state index contributed by atoms with van der Waals surface area (Å²) in [5.74, 6) is -9.71. The Balaban J connectivity index is 4.25. The number of hydrogen-bond acceptors (Lipinski definition) is 15. The van der Waals surface area contributed by atoms with Gasteiger partial charge in [0.25, 0.3) is 0 Å². The molecule has 0 bridgehead atoms. The lowest BCUT2D eigenvalue weighted by Crippen LogP contribution is -2.64. The highest BCUT2D eigenvalue weighted by Gasteiger charge is 2.66. The minimum atomic E-state index is -2.39. The summed E-state index contributed by atoms with van der Waals surface area (Å²) in [5, 5.41) is 13.2. The molecule has 0 aromatic rings. The second-order valence-electron chi connectivity index (χ2n) is 11.0. The first-order valence-corrected chi connectivity index (χ1v) is 14.0. The number of carbonyl (C=O) groups excluding carboxylic acids is 7. The number of Topliss-reactive ketones (excluding diaryl/α,β-unsaturated/α-hetero) is 1. The molecule has 1 rings (SSSR count). The Bertz CT molecular complexity index is 1220. The monoisotopic (exact) mass is 643 g/mol. The highest BCUT2D eigenvalue weighted by molar-refractivity contribution is 5.84. The topological polar surface area (TPSA) is 218 Å². The molecule has 0 saturated heterocycles. The summed E-state index contributed by atoms with van der Waals surface area (Å²) in [5.41, 5.74) is -1.28. The number of ketones is 1. The molecule has 0 aliphatic heterocycles. The third-order valence-electron chi connectivity index (χ3n) is 7.45. The molecule has 0 aromatic heterocycles. The maximum Gasteiger partial charge on any atom is 0.316 e. The van der Waals surface area contributed by atoms with Gasteiger partial charge in [0.15, 0.2) is 24.4 Å². The first-order chi connectivity index (χ1) is 20.8. The fourth-order valence-electron chi connectivity index (χ4n) is 5.63. The summed E-state index contributed by atoms with van der Waals surface area (Å²) < 4.78 is 31.8. The van der Waals surface area contributed by atoms with E-state index in [1.807, 2.05) is 0 Å². The summed E-state index contributed by atoms with van der Waals surface area (Å²) in [6.45, 7) is 8.60. The van der Waals surface area contributed by atoms with Crippen molar-refractivity contribution in [3.63, 3.8) is 0 Å². The van der Waals surface area contributed by atoms with E-state index < -0.39 is 108 Å². The predicted molar refractivity (Wildman–Crippen MR) is 150 cm³/mol. The normalized spacial score (nSPS) is 21.1. The molecule has 0 heterocycles. The molecule has 1 aliphatic rings. The summed E-state index contributed by atoms with van der Waals surface area (Å²) in [6.07, 6.45) is -8.58. The Morgan fingerprint density at radius 3 is 1.73 bits per heavy atom. The van der Waals surface area contributed by atoms with Crippen molar-refractivity contribution in [2.24, 2.45) is 11.8 Å². The van der Waals surface area contributed by atoms with E-state index in [9.17, 15) is 43.7 Å². The average Bonchev–Trinajstić information content (AvgIpc) is 2.90. The molecule has 0 radical (unpaired) electrons. The maximum atomic E-state index is 13.2. The van der Waals surface area contributed by atoms with Gasteiger partial charge in [-0.1, -0.05) is 11.1 Å². The van der Waals surface area contributed by atoms with Crippen molar-refractivity contribution in [2.75, 3.05) is 13.7 Å². The zero-order chi connectivity index (χ0) is 34.8. The smallest absolute Gasteiger partial charge is 0.316 e. The lowest BCUT2D eigenvalue weighted by Gasteiger charge is -2.46. The zero-order valence-electron chi connectivity index (χ0n) is 26.9. The molecule has 16 nitrogen and oxygen atoms in total. The Hall–Kier alpha value is -4.37. The second-order valence-corrected chi connectivity index (χ2v) is 11.0. The van der Waals surface area contributed by atoms with Crippen molar-refractivity contribution < 1.29 is 66.9 Å². The van der Waals surface area contributed by atoms with Gasteiger partial charge in [-0.15, -0.1) is 0 Å². The van der Waals surface area contributed by atoms with Crippen LogP contribution < -0.4 is 0 Å². The lowest BCUT2D eigenvalue weighted by molar-refractivity contribution is -0.593. The third kappa shape index (κ3) is 10.4. The van der Waals surface area contributed by atoms with E-state index in [-0.39, 0.29) is 6.42 Å². The number of esters is 6. The number of carbonyl (C=O) groups is 7. The molecule has 7 atom stereocenters. The van der Waals surface area contributed by atoms with E-state index in [1.54, 1.807) is 13.8 Å². The number of methoxy groups -OCH3 is 1. The minimum absolute atomic E-state index is 0.219. The van der Waals surface area contributed by atoms with Gasteiger partial charge in [0, 0.05) is 52.4 Å². The van der Waals surface area contributed by atoms with Crippen LogP contribution in [0.5, 0.6) is 0 Å². The quantitative estimate of drug-likeness (QED) is 0.0817. The highest BCUT2D eigenvalue weighted by Crippen LogP contribution is 2.49. The molecule has 0 aromatic carbocycles. The molecule has 0 spiro atoms. The number of allylic oxidation sites excluding steroid dienone is 1. The fourth-order valence-corrected chi connectivity index (χ4v) is 5.63. The van der Waals surface area contributed by atoms with Crippen LogP contribution in [0.15, 0.2) is 11.1 Å². The van der Waals surface area contributed by atoms with E-state index in [0.717, 1.165) is 48.7 Å². The fraction of sp³-hybridized carbons (Fsp3) is 0.690. The lowest BCUT2D eigenvalue weighted by atomic mass is 9.61. The van der Waals surface area contributed by atoms with Gasteiger partial charge in [-0.05, 0) is 27.2 Å². The molecule has 45 heavy (non-hydrogen) atoms. The van der Waals surface area contributed by atoms with Crippen LogP contribution in [0, 0.1) is 22.0 Å². The molecule has 252 valence electrons. The highest BCUT2D eigenvalue weighted by atomic mass is 16.6. The largest absolute Gasteiger partial charge is 0.469 e. The van der Waals surface area contributed by atoms with E-state index in [0.29, 0.717) is 11.1 Å². The number of ether oxygens (including phenoxy) is 6. The van der Waals surface area contributed by atoms with E-state index in [2.05, 4.69) is 0 Å². The van der Waals surface area contributed by atoms with Gasteiger partial charge in [0.05, 0.1) is 13.0 Å². The van der Waals surface area contributed by atoms with Crippen molar-refractivity contribution >= 4 is 41.6 Å². The zero-order valence-corrected chi connectivity index (χ0v) is 26.9. The molecular formula is C29H41NO15. The standard InChI is InChI=1S/C29H41NO15/c1-14-10-22(29(30(38)39,12-15(14)2)23(11-16(3)31)28(37)40-9)25(43-19(6)34)27(45-21(8)36)26(44-20(7)35)24(42-18(5)33)13-41-17(4)32/h22-27H,10-13H2,1-9H3/t22-,23-,24+,25+,26+,27+,29-/m0/s1. The molecule has 16 heteroatoms. The van der Waals surface area contributed by atoms with Crippen LogP contribution in [-0.4, -0.2) is 90.2 Å². The Morgan fingerprint density at radius 1 is 0.800 bits per heavy atom. The minimum Gasteiger partial charge on any atom is -0.469 e. The van der Waals surface area contributed by atoms with Gasteiger partial charge in [-0.3, -0.25) is 43.7 Å². The number of hydrogen-bond donors (Lipinski definition) is 0. The third-order valence-corrected chi connectivity index (χ3v) is 7.45.